The van der Waals surface area contributed by atoms with Crippen LogP contribution in [0, 0.1) is 0 Å². The number of benzene rings is 2. The number of hydrogen-bond donors (Lipinski definition) is 3. The average Bonchev–Trinajstić information content (AvgIpc) is 2.61. The highest BCUT2D eigenvalue weighted by Gasteiger charge is 2.31. The van der Waals surface area contributed by atoms with E-state index in [1.54, 1.807) is 0 Å². The maximum Gasteiger partial charge on any atom is 0.414 e. The van der Waals surface area contributed by atoms with E-state index in [-0.39, 0.29) is 6.04 Å². The Balaban J connectivity index is 0.000000326. The predicted molar refractivity (Wildman–Crippen MR) is 88.4 cm³/mol. The number of carboxylic acid groups (broad SMARTS) is 3. The van der Waals surface area contributed by atoms with Gasteiger partial charge in [0.25, 0.3) is 0 Å². The van der Waals surface area contributed by atoms with Gasteiger partial charge in [0.2, 0.25) is 0 Å². The molecule has 1 atom stereocenters. The third-order valence-electron chi connectivity index (χ3n) is 3.83. The molecule has 1 amide bonds. The SMILES string of the molecule is O=C(O)C(=O)O.O=C(O)N1CCc2ccccc2C1c1ccccc1. The van der Waals surface area contributed by atoms with Crippen LogP contribution in [0.1, 0.15) is 22.7 Å². The van der Waals surface area contributed by atoms with Gasteiger partial charge in [-0.2, -0.15) is 0 Å². The summed E-state index contributed by atoms with van der Waals surface area (Å²) in [6.07, 6.45) is -0.0745. The first-order chi connectivity index (χ1) is 11.9. The van der Waals surface area contributed by atoms with Crippen LogP contribution >= 0.6 is 0 Å². The fraction of sp³-hybridized carbons (Fsp3) is 0.167. The zero-order chi connectivity index (χ0) is 18.4. The lowest BCUT2D eigenvalue weighted by Crippen LogP contribution is -2.39. The van der Waals surface area contributed by atoms with Gasteiger partial charge >= 0.3 is 18.0 Å². The summed E-state index contributed by atoms with van der Waals surface area (Å²) in [4.78, 5) is 31.2. The Morgan fingerprint density at radius 1 is 0.840 bits per heavy atom. The molecule has 0 radical (unpaired) electrons. The van der Waals surface area contributed by atoms with Gasteiger partial charge in [0.1, 0.15) is 0 Å². The lowest BCUT2D eigenvalue weighted by Gasteiger charge is -2.35. The molecular weight excluding hydrogens is 326 g/mol. The van der Waals surface area contributed by atoms with Gasteiger partial charge in [0, 0.05) is 6.54 Å². The number of aliphatic carboxylic acids is 2. The van der Waals surface area contributed by atoms with Gasteiger partial charge in [-0.1, -0.05) is 54.6 Å². The van der Waals surface area contributed by atoms with Gasteiger partial charge < -0.3 is 15.3 Å². The summed E-state index contributed by atoms with van der Waals surface area (Å²) in [5, 5.41) is 24.2. The lowest BCUT2D eigenvalue weighted by molar-refractivity contribution is -0.159. The van der Waals surface area contributed by atoms with Crippen LogP contribution in [0.4, 0.5) is 4.79 Å². The Kier molecular flexibility index (Phi) is 5.73. The molecule has 0 spiro atoms. The number of rotatable bonds is 1. The minimum atomic E-state index is -1.82. The fourth-order valence-electron chi connectivity index (χ4n) is 2.77. The molecular formula is C18H17NO6. The summed E-state index contributed by atoms with van der Waals surface area (Å²) in [6.45, 7) is 0.548. The molecule has 0 fully saturated rings. The van der Waals surface area contributed by atoms with Gasteiger partial charge in [0.15, 0.2) is 0 Å². The van der Waals surface area contributed by atoms with Gasteiger partial charge in [-0.15, -0.1) is 0 Å². The van der Waals surface area contributed by atoms with E-state index in [1.807, 2.05) is 48.5 Å². The summed E-state index contributed by atoms with van der Waals surface area (Å²) in [7, 11) is 0. The van der Waals surface area contributed by atoms with E-state index in [1.165, 1.54) is 10.5 Å². The van der Waals surface area contributed by atoms with Crippen LogP contribution in [-0.4, -0.2) is 44.8 Å². The number of carbonyl (C=O) groups is 3. The largest absolute Gasteiger partial charge is 0.473 e. The molecule has 130 valence electrons. The molecule has 1 heterocycles. The summed E-state index contributed by atoms with van der Waals surface area (Å²) in [5.74, 6) is -3.65. The zero-order valence-electron chi connectivity index (χ0n) is 13.2. The number of nitrogens with zero attached hydrogens (tertiary/aromatic N) is 1. The van der Waals surface area contributed by atoms with Crippen LogP contribution in [0.2, 0.25) is 0 Å². The van der Waals surface area contributed by atoms with Gasteiger partial charge in [0.05, 0.1) is 6.04 Å². The Labute approximate surface area is 143 Å². The van der Waals surface area contributed by atoms with Crippen LogP contribution < -0.4 is 0 Å². The molecule has 0 saturated heterocycles. The molecule has 1 aliphatic rings. The van der Waals surface area contributed by atoms with Crippen molar-refractivity contribution in [3.05, 3.63) is 71.3 Å². The quantitative estimate of drug-likeness (QED) is 0.685. The maximum atomic E-state index is 11.5. The molecule has 0 saturated carbocycles. The number of hydrogen-bond acceptors (Lipinski definition) is 3. The molecule has 2 aromatic carbocycles. The van der Waals surface area contributed by atoms with Crippen LogP contribution in [0.5, 0.6) is 0 Å². The second-order valence-electron chi connectivity index (χ2n) is 5.35. The second kappa shape index (κ2) is 7.96. The minimum absolute atomic E-state index is 0.191. The van der Waals surface area contributed by atoms with Crippen molar-refractivity contribution in [2.24, 2.45) is 0 Å². The van der Waals surface area contributed by atoms with Crippen LogP contribution in [0.25, 0.3) is 0 Å². The maximum absolute atomic E-state index is 11.5. The molecule has 0 bridgehead atoms. The highest BCUT2D eigenvalue weighted by atomic mass is 16.4. The van der Waals surface area contributed by atoms with Crippen molar-refractivity contribution in [1.29, 1.82) is 0 Å². The molecule has 7 nitrogen and oxygen atoms in total. The highest BCUT2D eigenvalue weighted by Crippen LogP contribution is 2.34. The molecule has 7 heteroatoms. The van der Waals surface area contributed by atoms with E-state index >= 15 is 0 Å². The van der Waals surface area contributed by atoms with Crippen molar-refractivity contribution in [1.82, 2.24) is 4.90 Å². The summed E-state index contributed by atoms with van der Waals surface area (Å²) in [5.41, 5.74) is 3.37. The van der Waals surface area contributed by atoms with Crippen molar-refractivity contribution in [3.8, 4) is 0 Å². The fourth-order valence-corrected chi connectivity index (χ4v) is 2.77. The van der Waals surface area contributed by atoms with Crippen molar-refractivity contribution in [2.75, 3.05) is 6.54 Å². The average molecular weight is 343 g/mol. The summed E-state index contributed by atoms with van der Waals surface area (Å²) < 4.78 is 0. The van der Waals surface area contributed by atoms with Crippen molar-refractivity contribution < 1.29 is 29.7 Å². The van der Waals surface area contributed by atoms with E-state index in [0.717, 1.165) is 17.5 Å². The Morgan fingerprint density at radius 3 is 1.96 bits per heavy atom. The second-order valence-corrected chi connectivity index (χ2v) is 5.35. The first kappa shape index (κ1) is 18.0. The molecule has 1 unspecified atom stereocenters. The number of fused-ring (bicyclic) bond motifs is 1. The van der Waals surface area contributed by atoms with E-state index in [2.05, 4.69) is 6.07 Å². The molecule has 1 aliphatic heterocycles. The van der Waals surface area contributed by atoms with Gasteiger partial charge in [-0.05, 0) is 23.1 Å². The first-order valence-electron chi connectivity index (χ1n) is 7.50. The lowest BCUT2D eigenvalue weighted by atomic mass is 9.88. The Bertz CT molecular complexity index is 762. The summed E-state index contributed by atoms with van der Waals surface area (Å²) >= 11 is 0. The Morgan fingerprint density at radius 2 is 1.40 bits per heavy atom. The van der Waals surface area contributed by atoms with Gasteiger partial charge in [-0.3, -0.25) is 4.90 Å². The third-order valence-corrected chi connectivity index (χ3v) is 3.83. The molecule has 25 heavy (non-hydrogen) atoms. The Hall–Kier alpha value is -3.35. The van der Waals surface area contributed by atoms with Crippen molar-refractivity contribution >= 4 is 18.0 Å². The van der Waals surface area contributed by atoms with Gasteiger partial charge in [-0.25, -0.2) is 14.4 Å². The molecule has 0 aliphatic carbocycles. The standard InChI is InChI=1S/C16H15NO2.C2H2O4/c18-16(19)17-11-10-12-6-4-5-9-14(12)15(17)13-7-2-1-3-8-13;3-1(4)2(5)6/h1-9,15H,10-11H2,(H,18,19);(H,3,4)(H,5,6). The normalized spacial score (nSPS) is 15.4. The highest BCUT2D eigenvalue weighted by molar-refractivity contribution is 6.27. The van der Waals surface area contributed by atoms with E-state index in [0.29, 0.717) is 6.54 Å². The zero-order valence-corrected chi connectivity index (χ0v) is 13.2. The third kappa shape index (κ3) is 4.35. The van der Waals surface area contributed by atoms with Crippen LogP contribution in [0.3, 0.4) is 0 Å². The molecule has 0 aromatic heterocycles. The van der Waals surface area contributed by atoms with Crippen LogP contribution in [-0.2, 0) is 16.0 Å². The van der Waals surface area contributed by atoms with Crippen molar-refractivity contribution in [3.63, 3.8) is 0 Å². The smallest absolute Gasteiger partial charge is 0.414 e. The number of amides is 1. The number of carboxylic acids is 2. The monoisotopic (exact) mass is 343 g/mol. The topological polar surface area (TPSA) is 115 Å². The molecule has 3 N–H and O–H groups in total. The molecule has 3 rings (SSSR count). The van der Waals surface area contributed by atoms with E-state index < -0.39 is 18.0 Å². The summed E-state index contributed by atoms with van der Waals surface area (Å²) in [6, 6.07) is 17.7. The minimum Gasteiger partial charge on any atom is -0.473 e. The first-order valence-corrected chi connectivity index (χ1v) is 7.50. The molecule has 2 aromatic rings. The predicted octanol–water partition coefficient (Wildman–Crippen LogP) is 2.47. The van der Waals surface area contributed by atoms with Crippen molar-refractivity contribution in [2.45, 2.75) is 12.5 Å². The van der Waals surface area contributed by atoms with E-state index in [4.69, 9.17) is 19.8 Å². The van der Waals surface area contributed by atoms with E-state index in [9.17, 15) is 9.90 Å². The van der Waals surface area contributed by atoms with Crippen LogP contribution in [0.15, 0.2) is 54.6 Å².